The van der Waals surface area contributed by atoms with Gasteiger partial charge in [0.2, 0.25) is 0 Å². The summed E-state index contributed by atoms with van der Waals surface area (Å²) in [6, 6.07) is 8.25. The molecule has 1 atom stereocenters. The highest BCUT2D eigenvalue weighted by atomic mass is 15.2. The quantitative estimate of drug-likeness (QED) is 0.895. The number of aromatic nitrogens is 1. The topological polar surface area (TPSA) is 42.1 Å². The lowest BCUT2D eigenvalue weighted by atomic mass is 9.95. The molecule has 0 aliphatic carbocycles. The molecule has 2 aromatic rings. The van der Waals surface area contributed by atoms with E-state index in [2.05, 4.69) is 35.9 Å². The molecular weight excluding hydrogens is 234 g/mol. The normalized spacial score (nSPS) is 19.5. The lowest BCUT2D eigenvalue weighted by Crippen LogP contribution is -2.22. The minimum atomic E-state index is 0.735. The fourth-order valence-corrected chi connectivity index (χ4v) is 3.03. The van der Waals surface area contributed by atoms with E-state index in [9.17, 15) is 0 Å². The van der Waals surface area contributed by atoms with Crippen molar-refractivity contribution in [3.63, 3.8) is 0 Å². The number of rotatable bonds is 2. The molecule has 0 spiro atoms. The number of benzene rings is 1. The highest BCUT2D eigenvalue weighted by molar-refractivity contribution is 5.97. The summed E-state index contributed by atoms with van der Waals surface area (Å²) < 4.78 is 0. The van der Waals surface area contributed by atoms with E-state index in [4.69, 9.17) is 5.73 Å². The molecule has 0 radical (unpaired) electrons. The van der Waals surface area contributed by atoms with Crippen LogP contribution in [-0.4, -0.2) is 18.1 Å². The van der Waals surface area contributed by atoms with Gasteiger partial charge in [0.05, 0.1) is 23.1 Å². The molecule has 19 heavy (non-hydrogen) atoms. The van der Waals surface area contributed by atoms with Crippen LogP contribution in [0.15, 0.2) is 30.5 Å². The largest absolute Gasteiger partial charge is 0.396 e. The van der Waals surface area contributed by atoms with E-state index in [0.717, 1.165) is 36.1 Å². The maximum Gasteiger partial charge on any atom is 0.0745 e. The van der Waals surface area contributed by atoms with E-state index in [0.29, 0.717) is 0 Å². The molecule has 1 aliphatic rings. The monoisotopic (exact) mass is 255 g/mol. The maximum atomic E-state index is 6.18. The van der Waals surface area contributed by atoms with E-state index in [1.165, 1.54) is 17.5 Å². The van der Waals surface area contributed by atoms with Crippen LogP contribution in [0.2, 0.25) is 0 Å². The molecule has 3 rings (SSSR count). The molecule has 1 saturated heterocycles. The van der Waals surface area contributed by atoms with Gasteiger partial charge in [-0.25, -0.2) is 0 Å². The highest BCUT2D eigenvalue weighted by Gasteiger charge is 2.27. The van der Waals surface area contributed by atoms with Gasteiger partial charge < -0.3 is 10.6 Å². The van der Waals surface area contributed by atoms with Gasteiger partial charge in [0, 0.05) is 18.5 Å². The number of nitrogens with zero attached hydrogens (tertiary/aromatic N) is 2. The first-order valence-corrected chi connectivity index (χ1v) is 7.05. The molecule has 3 nitrogen and oxygen atoms in total. The van der Waals surface area contributed by atoms with Gasteiger partial charge in [-0.1, -0.05) is 32.0 Å². The number of nitrogen functional groups attached to an aromatic ring is 1. The summed E-state index contributed by atoms with van der Waals surface area (Å²) in [6.07, 6.45) is 3.05. The van der Waals surface area contributed by atoms with Gasteiger partial charge in [0.15, 0.2) is 0 Å². The lowest BCUT2D eigenvalue weighted by Gasteiger charge is -2.23. The standard InChI is InChI=1S/C16H21N3/c1-11(2)12-7-8-19(10-12)16-13-5-3-4-6-15(13)18-9-14(16)17/h3-6,9,11-12H,7-8,10,17H2,1-2H3. The molecule has 1 aromatic heterocycles. The molecule has 1 unspecified atom stereocenters. The van der Waals surface area contributed by atoms with Crippen LogP contribution in [0.1, 0.15) is 20.3 Å². The molecular formula is C16H21N3. The number of para-hydroxylation sites is 1. The van der Waals surface area contributed by atoms with Gasteiger partial charge in [0.1, 0.15) is 0 Å². The number of hydrogen-bond donors (Lipinski definition) is 1. The zero-order valence-corrected chi connectivity index (χ0v) is 11.6. The summed E-state index contributed by atoms with van der Waals surface area (Å²) in [7, 11) is 0. The number of nitrogens with two attached hydrogens (primary N) is 1. The second-order valence-electron chi connectivity index (χ2n) is 5.82. The van der Waals surface area contributed by atoms with E-state index in [1.54, 1.807) is 6.20 Å². The molecule has 1 aromatic carbocycles. The van der Waals surface area contributed by atoms with Crippen LogP contribution in [0.25, 0.3) is 10.9 Å². The third kappa shape index (κ3) is 2.14. The Morgan fingerprint density at radius 3 is 2.84 bits per heavy atom. The molecule has 1 aliphatic heterocycles. The second-order valence-corrected chi connectivity index (χ2v) is 5.82. The highest BCUT2D eigenvalue weighted by Crippen LogP contribution is 2.36. The Bertz CT molecular complexity index is 592. The number of pyridine rings is 1. The van der Waals surface area contributed by atoms with E-state index in [1.807, 2.05) is 12.1 Å². The number of hydrogen-bond acceptors (Lipinski definition) is 3. The van der Waals surface area contributed by atoms with Crippen LogP contribution in [0, 0.1) is 11.8 Å². The minimum Gasteiger partial charge on any atom is -0.396 e. The van der Waals surface area contributed by atoms with Crippen LogP contribution in [-0.2, 0) is 0 Å². The Hall–Kier alpha value is -1.77. The van der Waals surface area contributed by atoms with E-state index in [-0.39, 0.29) is 0 Å². The Balaban J connectivity index is 2.03. The second kappa shape index (κ2) is 4.72. The Morgan fingerprint density at radius 1 is 1.32 bits per heavy atom. The van der Waals surface area contributed by atoms with Gasteiger partial charge in [-0.3, -0.25) is 4.98 Å². The van der Waals surface area contributed by atoms with Crippen molar-refractivity contribution in [2.24, 2.45) is 11.8 Å². The summed E-state index contributed by atoms with van der Waals surface area (Å²) in [4.78, 5) is 6.85. The van der Waals surface area contributed by atoms with Crippen molar-refractivity contribution >= 4 is 22.3 Å². The van der Waals surface area contributed by atoms with E-state index < -0.39 is 0 Å². The Morgan fingerprint density at radius 2 is 2.11 bits per heavy atom. The van der Waals surface area contributed by atoms with Crippen LogP contribution in [0.5, 0.6) is 0 Å². The van der Waals surface area contributed by atoms with Gasteiger partial charge in [-0.2, -0.15) is 0 Å². The predicted octanol–water partition coefficient (Wildman–Crippen LogP) is 3.30. The number of fused-ring (bicyclic) bond motifs is 1. The maximum absolute atomic E-state index is 6.18. The molecule has 3 heteroatoms. The van der Waals surface area contributed by atoms with Gasteiger partial charge in [-0.05, 0) is 24.3 Å². The van der Waals surface area contributed by atoms with Crippen LogP contribution in [0.4, 0.5) is 11.4 Å². The van der Waals surface area contributed by atoms with Crippen molar-refractivity contribution < 1.29 is 0 Å². The third-order valence-corrected chi connectivity index (χ3v) is 4.26. The van der Waals surface area contributed by atoms with Crippen molar-refractivity contribution in [1.29, 1.82) is 0 Å². The average molecular weight is 255 g/mol. The first-order chi connectivity index (χ1) is 9.16. The molecule has 2 N–H and O–H groups in total. The lowest BCUT2D eigenvalue weighted by molar-refractivity contribution is 0.423. The fraction of sp³-hybridized carbons (Fsp3) is 0.438. The Kier molecular flexibility index (Phi) is 3.05. The molecule has 0 saturated carbocycles. The van der Waals surface area contributed by atoms with Crippen LogP contribution in [0.3, 0.4) is 0 Å². The summed E-state index contributed by atoms with van der Waals surface area (Å²) >= 11 is 0. The zero-order valence-electron chi connectivity index (χ0n) is 11.6. The van der Waals surface area contributed by atoms with Crippen LogP contribution < -0.4 is 10.6 Å². The van der Waals surface area contributed by atoms with E-state index >= 15 is 0 Å². The molecule has 100 valence electrons. The molecule has 1 fully saturated rings. The van der Waals surface area contributed by atoms with Crippen molar-refractivity contribution in [1.82, 2.24) is 4.98 Å². The van der Waals surface area contributed by atoms with Crippen LogP contribution >= 0.6 is 0 Å². The smallest absolute Gasteiger partial charge is 0.0745 e. The summed E-state index contributed by atoms with van der Waals surface area (Å²) in [5, 5.41) is 1.17. The summed E-state index contributed by atoms with van der Waals surface area (Å²) in [5.74, 6) is 1.51. The van der Waals surface area contributed by atoms with Gasteiger partial charge in [-0.15, -0.1) is 0 Å². The first-order valence-electron chi connectivity index (χ1n) is 7.05. The Labute approximate surface area is 114 Å². The van der Waals surface area contributed by atoms with Crippen molar-refractivity contribution in [2.75, 3.05) is 23.7 Å². The fourth-order valence-electron chi connectivity index (χ4n) is 3.03. The summed E-state index contributed by atoms with van der Waals surface area (Å²) in [5.41, 5.74) is 9.18. The first kappa shape index (κ1) is 12.3. The van der Waals surface area contributed by atoms with Gasteiger partial charge in [0.25, 0.3) is 0 Å². The van der Waals surface area contributed by atoms with Crippen molar-refractivity contribution in [3.8, 4) is 0 Å². The SMILES string of the molecule is CC(C)C1CCN(c2c(N)cnc3ccccc23)C1. The third-order valence-electron chi connectivity index (χ3n) is 4.26. The predicted molar refractivity (Wildman–Crippen MR) is 81.3 cm³/mol. The average Bonchev–Trinajstić information content (AvgIpc) is 2.88. The molecule has 0 amide bonds. The number of anilines is 2. The zero-order chi connectivity index (χ0) is 13.4. The van der Waals surface area contributed by atoms with Gasteiger partial charge >= 0.3 is 0 Å². The van der Waals surface area contributed by atoms with Crippen molar-refractivity contribution in [3.05, 3.63) is 30.5 Å². The molecule has 2 heterocycles. The summed E-state index contributed by atoms with van der Waals surface area (Å²) in [6.45, 7) is 6.82. The van der Waals surface area contributed by atoms with Crippen molar-refractivity contribution in [2.45, 2.75) is 20.3 Å². The minimum absolute atomic E-state index is 0.735. The molecule has 0 bridgehead atoms.